The van der Waals surface area contributed by atoms with Gasteiger partial charge >= 0.3 is 0 Å². The molecule has 8 heteroatoms. The van der Waals surface area contributed by atoms with Crippen LogP contribution < -0.4 is 11.1 Å². The van der Waals surface area contributed by atoms with Gasteiger partial charge in [0.05, 0.1) is 0 Å². The van der Waals surface area contributed by atoms with Crippen LogP contribution in [0.15, 0.2) is 66.7 Å². The van der Waals surface area contributed by atoms with Crippen molar-refractivity contribution in [3.05, 3.63) is 101 Å². The molecule has 3 aromatic carbocycles. The smallest absolute Gasteiger partial charge is 0.236 e. The second-order valence-electron chi connectivity index (χ2n) is 10.6. The van der Waals surface area contributed by atoms with Gasteiger partial charge < -0.3 is 11.1 Å². The van der Waals surface area contributed by atoms with Crippen LogP contribution in [0.25, 0.3) is 0 Å². The molecule has 40 heavy (non-hydrogen) atoms. The van der Waals surface area contributed by atoms with E-state index in [1.165, 1.54) is 24.3 Å². The Morgan fingerprint density at radius 1 is 0.900 bits per heavy atom. The Morgan fingerprint density at radius 2 is 1.48 bits per heavy atom. The summed E-state index contributed by atoms with van der Waals surface area (Å²) in [4.78, 5) is 29.2. The van der Waals surface area contributed by atoms with Crippen molar-refractivity contribution in [1.29, 1.82) is 0 Å². The first-order chi connectivity index (χ1) is 19.2. The predicted octanol–water partition coefficient (Wildman–Crippen LogP) is 4.99. The SMILES string of the molecule is Cc1cccc(C)c1NC(=O)CCN1CCN(CCCC(c2ccc(F)cc2)c2ccc(F)cc2)C(C(N)=O)C1. The van der Waals surface area contributed by atoms with E-state index in [0.717, 1.165) is 47.3 Å². The van der Waals surface area contributed by atoms with Gasteiger partial charge in [-0.2, -0.15) is 0 Å². The Kier molecular flexibility index (Phi) is 10.0. The summed E-state index contributed by atoms with van der Waals surface area (Å²) in [5.74, 6) is -1.05. The van der Waals surface area contributed by atoms with Crippen LogP contribution in [0.2, 0.25) is 0 Å². The largest absolute Gasteiger partial charge is 0.368 e. The number of carbonyl (C=O) groups excluding carboxylic acids is 2. The third-order valence-corrected chi connectivity index (χ3v) is 7.79. The Hall–Kier alpha value is -3.62. The van der Waals surface area contributed by atoms with Crippen molar-refractivity contribution < 1.29 is 18.4 Å². The van der Waals surface area contributed by atoms with Gasteiger partial charge in [-0.3, -0.25) is 19.4 Å². The van der Waals surface area contributed by atoms with Gasteiger partial charge in [-0.15, -0.1) is 0 Å². The topological polar surface area (TPSA) is 78.7 Å². The molecule has 212 valence electrons. The molecule has 1 heterocycles. The number of primary amides is 1. The fraction of sp³-hybridized carbons (Fsp3) is 0.375. The first-order valence-electron chi connectivity index (χ1n) is 13.8. The lowest BCUT2D eigenvalue weighted by Gasteiger charge is -2.40. The first-order valence-corrected chi connectivity index (χ1v) is 13.8. The molecule has 1 fully saturated rings. The number of hydrogen-bond acceptors (Lipinski definition) is 4. The lowest BCUT2D eigenvalue weighted by atomic mass is 9.87. The van der Waals surface area contributed by atoms with Gasteiger partial charge in [-0.1, -0.05) is 42.5 Å². The van der Waals surface area contributed by atoms with Gasteiger partial charge in [0.1, 0.15) is 17.7 Å². The Labute approximate surface area is 235 Å². The van der Waals surface area contributed by atoms with Crippen molar-refractivity contribution in [3.63, 3.8) is 0 Å². The number of para-hydroxylation sites is 1. The van der Waals surface area contributed by atoms with Crippen LogP contribution in [0, 0.1) is 25.5 Å². The summed E-state index contributed by atoms with van der Waals surface area (Å²) in [6.45, 7) is 7.05. The monoisotopic (exact) mass is 548 g/mol. The molecule has 1 atom stereocenters. The minimum Gasteiger partial charge on any atom is -0.368 e. The maximum atomic E-state index is 13.6. The highest BCUT2D eigenvalue weighted by atomic mass is 19.1. The minimum absolute atomic E-state index is 0.0232. The van der Waals surface area contributed by atoms with Gasteiger partial charge in [-0.05, 0) is 79.8 Å². The lowest BCUT2D eigenvalue weighted by Crippen LogP contribution is -2.58. The maximum absolute atomic E-state index is 13.6. The minimum atomic E-state index is -0.439. The zero-order valence-electron chi connectivity index (χ0n) is 23.2. The van der Waals surface area contributed by atoms with Crippen LogP contribution in [-0.4, -0.2) is 60.4 Å². The molecule has 0 aromatic heterocycles. The van der Waals surface area contributed by atoms with E-state index in [2.05, 4.69) is 15.1 Å². The van der Waals surface area contributed by atoms with Gasteiger partial charge in [0.15, 0.2) is 0 Å². The number of piperazine rings is 1. The van der Waals surface area contributed by atoms with Crippen LogP contribution in [0.4, 0.5) is 14.5 Å². The molecule has 0 aliphatic carbocycles. The van der Waals surface area contributed by atoms with E-state index >= 15 is 0 Å². The van der Waals surface area contributed by atoms with E-state index in [-0.39, 0.29) is 29.4 Å². The number of anilines is 1. The van der Waals surface area contributed by atoms with E-state index in [9.17, 15) is 18.4 Å². The van der Waals surface area contributed by atoms with Crippen molar-refractivity contribution in [2.75, 3.05) is 38.0 Å². The molecule has 0 bridgehead atoms. The van der Waals surface area contributed by atoms with Crippen molar-refractivity contribution in [2.45, 2.75) is 45.1 Å². The van der Waals surface area contributed by atoms with E-state index in [0.29, 0.717) is 32.6 Å². The number of nitrogens with two attached hydrogens (primary N) is 1. The molecule has 2 amide bonds. The molecule has 0 radical (unpaired) electrons. The number of halogens is 2. The highest BCUT2D eigenvalue weighted by Crippen LogP contribution is 2.30. The number of aryl methyl sites for hydroxylation is 2. The molecular weight excluding hydrogens is 510 g/mol. The molecule has 0 spiro atoms. The maximum Gasteiger partial charge on any atom is 0.236 e. The van der Waals surface area contributed by atoms with E-state index in [4.69, 9.17) is 5.73 Å². The van der Waals surface area contributed by atoms with Crippen molar-refractivity contribution in [2.24, 2.45) is 5.73 Å². The number of hydrogen-bond donors (Lipinski definition) is 2. The molecule has 3 N–H and O–H groups in total. The number of benzene rings is 3. The molecule has 4 rings (SSSR count). The lowest BCUT2D eigenvalue weighted by molar-refractivity contribution is -0.125. The van der Waals surface area contributed by atoms with Crippen LogP contribution in [0.1, 0.15) is 47.4 Å². The van der Waals surface area contributed by atoms with E-state index < -0.39 is 6.04 Å². The number of carbonyl (C=O) groups is 2. The quantitative estimate of drug-likeness (QED) is 0.354. The Morgan fingerprint density at radius 3 is 2.02 bits per heavy atom. The van der Waals surface area contributed by atoms with Crippen molar-refractivity contribution in [3.8, 4) is 0 Å². The molecule has 1 unspecified atom stereocenters. The summed E-state index contributed by atoms with van der Waals surface area (Å²) in [5, 5.41) is 3.02. The molecule has 0 saturated carbocycles. The van der Waals surface area contributed by atoms with Crippen LogP contribution in [0.3, 0.4) is 0 Å². The zero-order valence-corrected chi connectivity index (χ0v) is 23.2. The molecule has 6 nitrogen and oxygen atoms in total. The summed E-state index contributed by atoms with van der Waals surface area (Å²) in [6, 6.07) is 18.3. The number of nitrogens with one attached hydrogen (secondary N) is 1. The van der Waals surface area contributed by atoms with E-state index in [1.54, 1.807) is 24.3 Å². The third kappa shape index (κ3) is 7.73. The third-order valence-electron chi connectivity index (χ3n) is 7.79. The van der Waals surface area contributed by atoms with Crippen LogP contribution in [-0.2, 0) is 9.59 Å². The number of nitrogens with zero attached hydrogens (tertiary/aromatic N) is 2. The predicted molar refractivity (Wildman–Crippen MR) is 154 cm³/mol. The first kappa shape index (κ1) is 29.4. The second-order valence-corrected chi connectivity index (χ2v) is 10.6. The zero-order chi connectivity index (χ0) is 28.6. The van der Waals surface area contributed by atoms with Crippen LogP contribution in [0.5, 0.6) is 0 Å². The fourth-order valence-corrected chi connectivity index (χ4v) is 5.51. The standard InChI is InChI=1S/C32H38F2N4O2/c1-22-5-3-6-23(2)31(22)36-30(39)16-18-37-19-20-38(29(21-37)32(35)40)17-4-7-28(24-8-12-26(33)13-9-24)25-10-14-27(34)15-11-25/h3,5-6,8-15,28-29H,4,7,16-21H2,1-2H3,(H2,35,40)(H,36,39). The van der Waals surface area contributed by atoms with Gasteiger partial charge in [0.2, 0.25) is 11.8 Å². The summed E-state index contributed by atoms with van der Waals surface area (Å²) >= 11 is 0. The summed E-state index contributed by atoms with van der Waals surface area (Å²) in [5.41, 5.74) is 10.6. The molecular formula is C32H38F2N4O2. The highest BCUT2D eigenvalue weighted by Gasteiger charge is 2.31. The van der Waals surface area contributed by atoms with Crippen molar-refractivity contribution in [1.82, 2.24) is 9.80 Å². The second kappa shape index (κ2) is 13.6. The highest BCUT2D eigenvalue weighted by molar-refractivity contribution is 5.92. The normalized spacial score (nSPS) is 16.3. The summed E-state index contributed by atoms with van der Waals surface area (Å²) in [7, 11) is 0. The summed E-state index contributed by atoms with van der Waals surface area (Å²) < 4.78 is 27.1. The fourth-order valence-electron chi connectivity index (χ4n) is 5.51. The Bertz CT molecular complexity index is 1230. The molecule has 1 aliphatic heterocycles. The van der Waals surface area contributed by atoms with E-state index in [1.807, 2.05) is 32.0 Å². The van der Waals surface area contributed by atoms with Gasteiger partial charge in [-0.25, -0.2) is 8.78 Å². The number of amides is 2. The van der Waals surface area contributed by atoms with Crippen LogP contribution >= 0.6 is 0 Å². The molecule has 3 aromatic rings. The summed E-state index contributed by atoms with van der Waals surface area (Å²) in [6.07, 6.45) is 1.86. The average Bonchev–Trinajstić information content (AvgIpc) is 2.93. The number of rotatable bonds is 11. The average molecular weight is 549 g/mol. The van der Waals surface area contributed by atoms with Gasteiger partial charge in [0.25, 0.3) is 0 Å². The molecule has 1 aliphatic rings. The van der Waals surface area contributed by atoms with Crippen molar-refractivity contribution >= 4 is 17.5 Å². The van der Waals surface area contributed by atoms with Gasteiger partial charge in [0, 0.05) is 44.2 Å². The molecule has 1 saturated heterocycles. The Balaban J connectivity index is 1.32.